The van der Waals surface area contributed by atoms with E-state index < -0.39 is 11.5 Å². The summed E-state index contributed by atoms with van der Waals surface area (Å²) in [5.41, 5.74) is -0.0275. The molecule has 2 aromatic rings. The average Bonchev–Trinajstić information content (AvgIpc) is 2.62. The average molecular weight is 424 g/mol. The van der Waals surface area contributed by atoms with Crippen LogP contribution in [-0.4, -0.2) is 46.7 Å². The number of halogens is 1. The van der Waals surface area contributed by atoms with Crippen LogP contribution >= 0.6 is 15.9 Å². The molecular formula is C19H26BrN3O3. The van der Waals surface area contributed by atoms with Crippen LogP contribution in [0.4, 0.5) is 0 Å². The number of aromatic nitrogens is 1. The number of aryl methyl sites for hydroxylation is 1. The molecule has 0 aliphatic heterocycles. The Hall–Kier alpha value is -1.86. The van der Waals surface area contributed by atoms with E-state index in [1.807, 2.05) is 13.0 Å². The highest BCUT2D eigenvalue weighted by Gasteiger charge is 2.22. The second-order valence-corrected chi connectivity index (χ2v) is 7.04. The summed E-state index contributed by atoms with van der Waals surface area (Å²) in [7, 11) is 0. The highest BCUT2D eigenvalue weighted by molar-refractivity contribution is 9.10. The maximum atomic E-state index is 12.8. The SMILES string of the molecule is CCCn1c(=O)c(C(=O)NCCN(CC)CC)c(O)c2cc(Br)ccc21. The molecule has 26 heavy (non-hydrogen) atoms. The van der Waals surface area contributed by atoms with Crippen molar-refractivity contribution in [3.8, 4) is 5.75 Å². The van der Waals surface area contributed by atoms with E-state index in [4.69, 9.17) is 0 Å². The number of hydrogen-bond acceptors (Lipinski definition) is 4. The number of nitrogens with one attached hydrogen (secondary N) is 1. The number of fused-ring (bicyclic) bond motifs is 1. The van der Waals surface area contributed by atoms with Gasteiger partial charge in [0.25, 0.3) is 11.5 Å². The standard InChI is InChI=1S/C19H26BrN3O3/c1-4-10-23-15-8-7-13(20)12-14(15)17(24)16(19(23)26)18(25)21-9-11-22(5-2)6-3/h7-8,12,24H,4-6,9-11H2,1-3H3,(H,21,25). The first-order valence-electron chi connectivity index (χ1n) is 9.00. The number of hydrogen-bond donors (Lipinski definition) is 2. The minimum atomic E-state index is -0.536. The minimum Gasteiger partial charge on any atom is -0.506 e. The molecule has 2 rings (SSSR count). The van der Waals surface area contributed by atoms with Gasteiger partial charge in [0.2, 0.25) is 0 Å². The van der Waals surface area contributed by atoms with E-state index in [1.165, 1.54) is 0 Å². The van der Waals surface area contributed by atoms with Gasteiger partial charge in [0, 0.05) is 29.5 Å². The Labute approximate surface area is 161 Å². The summed E-state index contributed by atoms with van der Waals surface area (Å²) in [6, 6.07) is 5.32. The molecule has 142 valence electrons. The van der Waals surface area contributed by atoms with Crippen molar-refractivity contribution in [3.63, 3.8) is 0 Å². The molecule has 0 saturated heterocycles. The number of aromatic hydroxyl groups is 1. The van der Waals surface area contributed by atoms with Gasteiger partial charge in [0.05, 0.1) is 5.52 Å². The zero-order chi connectivity index (χ0) is 19.3. The molecule has 1 heterocycles. The van der Waals surface area contributed by atoms with E-state index in [9.17, 15) is 14.7 Å². The quantitative estimate of drug-likeness (QED) is 0.684. The van der Waals surface area contributed by atoms with Gasteiger partial charge in [0.15, 0.2) is 0 Å². The van der Waals surface area contributed by atoms with E-state index in [2.05, 4.69) is 40.0 Å². The summed E-state index contributed by atoms with van der Waals surface area (Å²) in [5, 5.41) is 13.9. The van der Waals surface area contributed by atoms with Gasteiger partial charge in [0.1, 0.15) is 11.3 Å². The Balaban J connectivity index is 2.42. The van der Waals surface area contributed by atoms with Gasteiger partial charge in [-0.1, -0.05) is 36.7 Å². The van der Waals surface area contributed by atoms with Crippen molar-refractivity contribution in [3.05, 3.63) is 38.6 Å². The molecule has 7 heteroatoms. The molecule has 0 fully saturated rings. The first-order valence-corrected chi connectivity index (χ1v) is 9.79. The summed E-state index contributed by atoms with van der Waals surface area (Å²) in [6.07, 6.45) is 0.749. The molecule has 1 aromatic heterocycles. The number of pyridine rings is 1. The van der Waals surface area contributed by atoms with Crippen LogP contribution in [0.5, 0.6) is 5.75 Å². The summed E-state index contributed by atoms with van der Waals surface area (Å²) >= 11 is 3.38. The largest absolute Gasteiger partial charge is 0.506 e. The van der Waals surface area contributed by atoms with Gasteiger partial charge in [-0.2, -0.15) is 0 Å². The highest BCUT2D eigenvalue weighted by atomic mass is 79.9. The van der Waals surface area contributed by atoms with Crippen molar-refractivity contribution >= 4 is 32.7 Å². The number of nitrogens with zero attached hydrogens (tertiary/aromatic N) is 2. The number of carbonyl (C=O) groups is 1. The molecule has 0 spiro atoms. The number of likely N-dealkylation sites (N-methyl/N-ethyl adjacent to an activating group) is 1. The molecule has 1 aromatic carbocycles. The maximum Gasteiger partial charge on any atom is 0.267 e. The van der Waals surface area contributed by atoms with Crippen LogP contribution in [0, 0.1) is 0 Å². The first kappa shape index (κ1) is 20.5. The smallest absolute Gasteiger partial charge is 0.267 e. The maximum absolute atomic E-state index is 12.8. The van der Waals surface area contributed by atoms with Crippen LogP contribution in [0.25, 0.3) is 10.9 Å². The van der Waals surface area contributed by atoms with Crippen molar-refractivity contribution in [2.75, 3.05) is 26.2 Å². The molecule has 0 aliphatic carbocycles. The molecular weight excluding hydrogens is 398 g/mol. The summed E-state index contributed by atoms with van der Waals surface area (Å²) in [5.74, 6) is -0.801. The monoisotopic (exact) mass is 423 g/mol. The Kier molecular flexibility index (Phi) is 7.23. The zero-order valence-electron chi connectivity index (χ0n) is 15.5. The van der Waals surface area contributed by atoms with E-state index in [1.54, 1.807) is 16.7 Å². The van der Waals surface area contributed by atoms with Crippen LogP contribution in [-0.2, 0) is 6.54 Å². The third-order valence-corrected chi connectivity index (χ3v) is 4.98. The predicted octanol–water partition coefficient (Wildman–Crippen LogP) is 2.95. The number of benzene rings is 1. The van der Waals surface area contributed by atoms with E-state index >= 15 is 0 Å². The molecule has 0 unspecified atom stereocenters. The number of carbonyl (C=O) groups excluding carboxylic acids is 1. The molecule has 0 bridgehead atoms. The van der Waals surface area contributed by atoms with Crippen LogP contribution in [0.2, 0.25) is 0 Å². The molecule has 6 nitrogen and oxygen atoms in total. The van der Waals surface area contributed by atoms with Crippen molar-refractivity contribution in [2.24, 2.45) is 0 Å². The summed E-state index contributed by atoms with van der Waals surface area (Å²) in [6.45, 7) is 9.47. The lowest BCUT2D eigenvalue weighted by atomic mass is 10.1. The molecule has 2 N–H and O–H groups in total. The fourth-order valence-corrected chi connectivity index (χ4v) is 3.38. The fourth-order valence-electron chi connectivity index (χ4n) is 3.02. The van der Waals surface area contributed by atoms with E-state index in [0.717, 1.165) is 24.0 Å². The lowest BCUT2D eigenvalue weighted by Crippen LogP contribution is -2.38. The molecule has 0 aliphatic rings. The summed E-state index contributed by atoms with van der Waals surface area (Å²) < 4.78 is 2.33. The number of amides is 1. The highest BCUT2D eigenvalue weighted by Crippen LogP contribution is 2.29. The molecule has 0 saturated carbocycles. The molecule has 1 amide bonds. The minimum absolute atomic E-state index is 0.191. The lowest BCUT2D eigenvalue weighted by Gasteiger charge is -2.18. The van der Waals surface area contributed by atoms with Crippen LogP contribution in [0.15, 0.2) is 27.5 Å². The van der Waals surface area contributed by atoms with Gasteiger partial charge in [-0.15, -0.1) is 0 Å². The second kappa shape index (κ2) is 9.19. The third-order valence-electron chi connectivity index (χ3n) is 4.48. The normalized spacial score (nSPS) is 11.3. The molecule has 0 atom stereocenters. The third kappa shape index (κ3) is 4.27. The van der Waals surface area contributed by atoms with Gasteiger partial charge in [-0.3, -0.25) is 9.59 Å². The second-order valence-electron chi connectivity index (χ2n) is 6.12. The summed E-state index contributed by atoms with van der Waals surface area (Å²) in [4.78, 5) is 27.6. The predicted molar refractivity (Wildman–Crippen MR) is 108 cm³/mol. The molecule has 0 radical (unpaired) electrons. The Morgan fingerprint density at radius 3 is 2.58 bits per heavy atom. The Morgan fingerprint density at radius 2 is 1.96 bits per heavy atom. The Bertz CT molecular complexity index is 844. The van der Waals surface area contributed by atoms with E-state index in [0.29, 0.717) is 30.5 Å². The van der Waals surface area contributed by atoms with Crippen LogP contribution in [0.3, 0.4) is 0 Å². The van der Waals surface area contributed by atoms with E-state index in [-0.39, 0.29) is 11.3 Å². The number of rotatable bonds is 8. The van der Waals surface area contributed by atoms with Gasteiger partial charge in [-0.25, -0.2) is 0 Å². The lowest BCUT2D eigenvalue weighted by molar-refractivity contribution is 0.0944. The zero-order valence-corrected chi connectivity index (χ0v) is 17.1. The van der Waals surface area contributed by atoms with Gasteiger partial charge < -0.3 is 19.9 Å². The van der Waals surface area contributed by atoms with Crippen LogP contribution in [0.1, 0.15) is 37.6 Å². The Morgan fingerprint density at radius 1 is 1.27 bits per heavy atom. The van der Waals surface area contributed by atoms with Gasteiger partial charge in [-0.05, 0) is 37.7 Å². The van der Waals surface area contributed by atoms with Crippen molar-refractivity contribution in [1.29, 1.82) is 0 Å². The van der Waals surface area contributed by atoms with Gasteiger partial charge >= 0.3 is 0 Å². The van der Waals surface area contributed by atoms with Crippen LogP contribution < -0.4 is 10.9 Å². The van der Waals surface area contributed by atoms with Crippen molar-refractivity contribution < 1.29 is 9.90 Å². The fraction of sp³-hybridized carbons (Fsp3) is 0.474. The topological polar surface area (TPSA) is 74.6 Å². The van der Waals surface area contributed by atoms with Crippen molar-refractivity contribution in [2.45, 2.75) is 33.7 Å². The first-order chi connectivity index (χ1) is 12.4. The van der Waals surface area contributed by atoms with Crippen molar-refractivity contribution in [1.82, 2.24) is 14.8 Å².